The number of halogens is 1. The summed E-state index contributed by atoms with van der Waals surface area (Å²) in [6.45, 7) is 10.6. The van der Waals surface area contributed by atoms with Crippen LogP contribution in [0.1, 0.15) is 45.4 Å². The summed E-state index contributed by atoms with van der Waals surface area (Å²) >= 11 is 7.54. The SMILES string of the molecule is CCN(CC)C(CC)(CC)C(O)Cc1ccc(Cl)s1. The van der Waals surface area contributed by atoms with E-state index >= 15 is 0 Å². The van der Waals surface area contributed by atoms with E-state index in [1.165, 1.54) is 0 Å². The second-order valence-corrected chi connectivity index (χ2v) is 6.71. The highest BCUT2D eigenvalue weighted by molar-refractivity contribution is 7.16. The highest BCUT2D eigenvalue weighted by atomic mass is 35.5. The lowest BCUT2D eigenvalue weighted by Gasteiger charge is -2.45. The zero-order chi connectivity index (χ0) is 14.5. The molecule has 1 rings (SSSR count). The zero-order valence-electron chi connectivity index (χ0n) is 12.4. The van der Waals surface area contributed by atoms with E-state index in [2.05, 4.69) is 32.6 Å². The van der Waals surface area contributed by atoms with Gasteiger partial charge in [0.15, 0.2) is 0 Å². The Bertz CT molecular complexity index is 372. The van der Waals surface area contributed by atoms with Gasteiger partial charge in [-0.05, 0) is 38.1 Å². The molecule has 19 heavy (non-hydrogen) atoms. The van der Waals surface area contributed by atoms with E-state index in [9.17, 15) is 5.11 Å². The molecule has 0 saturated carbocycles. The summed E-state index contributed by atoms with van der Waals surface area (Å²) in [5.74, 6) is 0. The third kappa shape index (κ3) is 3.72. The van der Waals surface area contributed by atoms with E-state index in [0.717, 1.165) is 35.1 Å². The largest absolute Gasteiger partial charge is 0.391 e. The molecule has 0 aromatic carbocycles. The fourth-order valence-corrected chi connectivity index (χ4v) is 4.20. The molecule has 0 aliphatic rings. The number of hydrogen-bond donors (Lipinski definition) is 1. The number of hydrogen-bond acceptors (Lipinski definition) is 3. The Kier molecular flexibility index (Phi) is 6.81. The van der Waals surface area contributed by atoms with Gasteiger partial charge in [0, 0.05) is 16.8 Å². The summed E-state index contributed by atoms with van der Waals surface area (Å²) in [7, 11) is 0. The lowest BCUT2D eigenvalue weighted by atomic mass is 9.82. The third-order valence-corrected chi connectivity index (χ3v) is 5.51. The summed E-state index contributed by atoms with van der Waals surface area (Å²) in [4.78, 5) is 3.56. The van der Waals surface area contributed by atoms with Gasteiger partial charge in [-0.3, -0.25) is 4.90 Å². The van der Waals surface area contributed by atoms with E-state index < -0.39 is 0 Å². The van der Waals surface area contributed by atoms with Crippen LogP contribution in [0.2, 0.25) is 4.34 Å². The van der Waals surface area contributed by atoms with Gasteiger partial charge < -0.3 is 5.11 Å². The Balaban J connectivity index is 2.91. The van der Waals surface area contributed by atoms with Crippen LogP contribution in [0, 0.1) is 0 Å². The van der Waals surface area contributed by atoms with Crippen LogP contribution in [0.25, 0.3) is 0 Å². The topological polar surface area (TPSA) is 23.5 Å². The van der Waals surface area contributed by atoms with Crippen molar-refractivity contribution in [1.29, 1.82) is 0 Å². The first kappa shape index (κ1) is 17.0. The average Bonchev–Trinajstić information content (AvgIpc) is 2.81. The molecule has 1 N–H and O–H groups in total. The van der Waals surface area contributed by atoms with Gasteiger partial charge in [-0.15, -0.1) is 11.3 Å². The Morgan fingerprint density at radius 3 is 2.16 bits per heavy atom. The van der Waals surface area contributed by atoms with E-state index in [4.69, 9.17) is 11.6 Å². The van der Waals surface area contributed by atoms with Crippen LogP contribution in [0.4, 0.5) is 0 Å². The number of likely N-dealkylation sites (N-methyl/N-ethyl adjacent to an activating group) is 1. The van der Waals surface area contributed by atoms with Crippen LogP contribution in [0.15, 0.2) is 12.1 Å². The van der Waals surface area contributed by atoms with Crippen molar-refractivity contribution in [3.63, 3.8) is 0 Å². The van der Waals surface area contributed by atoms with Gasteiger partial charge in [-0.25, -0.2) is 0 Å². The van der Waals surface area contributed by atoms with Gasteiger partial charge in [-0.1, -0.05) is 39.3 Å². The first-order chi connectivity index (χ1) is 9.03. The molecule has 1 atom stereocenters. The third-order valence-electron chi connectivity index (χ3n) is 4.26. The van der Waals surface area contributed by atoms with Crippen molar-refractivity contribution in [2.75, 3.05) is 13.1 Å². The zero-order valence-corrected chi connectivity index (χ0v) is 14.0. The Hall–Kier alpha value is -0.0900. The van der Waals surface area contributed by atoms with Crippen molar-refractivity contribution < 1.29 is 5.11 Å². The summed E-state index contributed by atoms with van der Waals surface area (Å²) < 4.78 is 0.795. The molecule has 1 heterocycles. The van der Waals surface area contributed by atoms with Crippen LogP contribution in [0.3, 0.4) is 0 Å². The molecule has 0 spiro atoms. The molecule has 0 radical (unpaired) electrons. The Labute approximate surface area is 126 Å². The molecule has 0 aliphatic heterocycles. The maximum Gasteiger partial charge on any atom is 0.0931 e. The van der Waals surface area contributed by atoms with Crippen molar-refractivity contribution >= 4 is 22.9 Å². The average molecular weight is 304 g/mol. The minimum absolute atomic E-state index is 0.125. The van der Waals surface area contributed by atoms with Crippen molar-refractivity contribution in [3.05, 3.63) is 21.3 Å². The van der Waals surface area contributed by atoms with E-state index in [0.29, 0.717) is 6.42 Å². The Morgan fingerprint density at radius 1 is 1.21 bits per heavy atom. The summed E-state index contributed by atoms with van der Waals surface area (Å²) in [5.41, 5.74) is -0.125. The van der Waals surface area contributed by atoms with Crippen molar-refractivity contribution in [2.45, 2.75) is 58.6 Å². The molecule has 2 nitrogen and oxygen atoms in total. The highest BCUT2D eigenvalue weighted by Crippen LogP contribution is 2.32. The van der Waals surface area contributed by atoms with Crippen LogP contribution in [-0.2, 0) is 6.42 Å². The predicted molar refractivity (Wildman–Crippen MR) is 85.3 cm³/mol. The minimum atomic E-state index is -0.350. The summed E-state index contributed by atoms with van der Waals surface area (Å²) in [5, 5.41) is 10.8. The first-order valence-corrected chi connectivity index (χ1v) is 8.40. The molecule has 1 aromatic heterocycles. The van der Waals surface area contributed by atoms with Crippen molar-refractivity contribution in [3.8, 4) is 0 Å². The van der Waals surface area contributed by atoms with Gasteiger partial charge in [0.1, 0.15) is 0 Å². The maximum atomic E-state index is 10.8. The lowest BCUT2D eigenvalue weighted by molar-refractivity contribution is -0.0337. The van der Waals surface area contributed by atoms with Gasteiger partial charge in [0.2, 0.25) is 0 Å². The standard InChI is InChI=1S/C15H26ClNOS/c1-5-15(6-2,17(7-3)8-4)13(18)11-12-9-10-14(16)19-12/h9-10,13,18H,5-8,11H2,1-4H3. The van der Waals surface area contributed by atoms with Crippen LogP contribution in [-0.4, -0.2) is 34.7 Å². The normalized spacial score (nSPS) is 14.1. The van der Waals surface area contributed by atoms with E-state index in [1.807, 2.05) is 12.1 Å². The van der Waals surface area contributed by atoms with Crippen LogP contribution in [0.5, 0.6) is 0 Å². The van der Waals surface area contributed by atoms with Gasteiger partial charge in [-0.2, -0.15) is 0 Å². The predicted octanol–water partition coefficient (Wildman–Crippen LogP) is 4.21. The molecule has 0 aliphatic carbocycles. The summed E-state index contributed by atoms with van der Waals surface area (Å²) in [6.07, 6.45) is 2.27. The molecule has 0 fully saturated rings. The molecule has 110 valence electrons. The number of rotatable bonds is 8. The smallest absolute Gasteiger partial charge is 0.0931 e. The lowest BCUT2D eigenvalue weighted by Crippen LogP contribution is -2.56. The molecule has 1 unspecified atom stereocenters. The number of aliphatic hydroxyl groups is 1. The minimum Gasteiger partial charge on any atom is -0.391 e. The van der Waals surface area contributed by atoms with Gasteiger partial charge >= 0.3 is 0 Å². The van der Waals surface area contributed by atoms with Gasteiger partial charge in [0.25, 0.3) is 0 Å². The monoisotopic (exact) mass is 303 g/mol. The fourth-order valence-electron chi connectivity index (χ4n) is 3.07. The van der Waals surface area contributed by atoms with Gasteiger partial charge in [0.05, 0.1) is 10.4 Å². The van der Waals surface area contributed by atoms with E-state index in [1.54, 1.807) is 11.3 Å². The number of aliphatic hydroxyl groups excluding tert-OH is 1. The molecule has 4 heteroatoms. The second-order valence-electron chi connectivity index (χ2n) is 4.91. The highest BCUT2D eigenvalue weighted by Gasteiger charge is 2.38. The van der Waals surface area contributed by atoms with Crippen LogP contribution < -0.4 is 0 Å². The number of nitrogens with zero attached hydrogens (tertiary/aromatic N) is 1. The molecular weight excluding hydrogens is 278 g/mol. The van der Waals surface area contributed by atoms with Crippen LogP contribution >= 0.6 is 22.9 Å². The fraction of sp³-hybridized carbons (Fsp3) is 0.733. The molecule has 0 amide bonds. The molecule has 0 bridgehead atoms. The Morgan fingerprint density at radius 2 is 1.79 bits per heavy atom. The van der Waals surface area contributed by atoms with Crippen molar-refractivity contribution in [1.82, 2.24) is 4.90 Å². The maximum absolute atomic E-state index is 10.8. The second kappa shape index (κ2) is 7.63. The molecular formula is C15H26ClNOS. The number of thiophene rings is 1. The van der Waals surface area contributed by atoms with Crippen molar-refractivity contribution in [2.24, 2.45) is 0 Å². The molecule has 0 saturated heterocycles. The molecule has 1 aromatic rings. The quantitative estimate of drug-likeness (QED) is 0.778. The van der Waals surface area contributed by atoms with E-state index in [-0.39, 0.29) is 11.6 Å². The first-order valence-electron chi connectivity index (χ1n) is 7.21. The summed E-state index contributed by atoms with van der Waals surface area (Å²) in [6, 6.07) is 3.93.